The van der Waals surface area contributed by atoms with Crippen molar-refractivity contribution in [1.82, 2.24) is 0 Å². The first-order chi connectivity index (χ1) is 31.4. The van der Waals surface area contributed by atoms with E-state index in [1.807, 2.05) is 0 Å². The van der Waals surface area contributed by atoms with E-state index in [9.17, 15) is 0 Å². The minimum Gasteiger partial charge on any atom is -0.310 e. The first-order valence-corrected chi connectivity index (χ1v) is 22.7. The summed E-state index contributed by atoms with van der Waals surface area (Å²) in [5, 5.41) is 17.6. The second kappa shape index (κ2) is 15.0. The molecular weight excluding hydrogens is 773 g/mol. The van der Waals surface area contributed by atoms with Gasteiger partial charge in [-0.25, -0.2) is 0 Å². The van der Waals surface area contributed by atoms with E-state index >= 15 is 0 Å². The third-order valence-electron chi connectivity index (χ3n) is 13.6. The molecule has 0 spiro atoms. The molecule has 306 valence electrons. The summed E-state index contributed by atoms with van der Waals surface area (Å²) >= 11 is 0. The molecule has 0 atom stereocenters. The van der Waals surface area contributed by atoms with Gasteiger partial charge in [-0.15, -0.1) is 0 Å². The van der Waals surface area contributed by atoms with Crippen LogP contribution in [0.15, 0.2) is 206 Å². The van der Waals surface area contributed by atoms with Crippen LogP contribution in [0.25, 0.3) is 75.4 Å². The molecular formula is C62H48N2. The van der Waals surface area contributed by atoms with Gasteiger partial charge in [0.05, 0.1) is 11.4 Å². The van der Waals surface area contributed by atoms with Crippen LogP contribution in [0, 0.1) is 0 Å². The number of hydrogen-bond donors (Lipinski definition) is 0. The molecule has 0 heterocycles. The molecule has 0 aromatic heterocycles. The van der Waals surface area contributed by atoms with E-state index in [1.54, 1.807) is 0 Å². The average Bonchev–Trinajstić information content (AvgIpc) is 3.33. The fourth-order valence-electron chi connectivity index (χ4n) is 10.5. The van der Waals surface area contributed by atoms with Gasteiger partial charge in [-0.2, -0.15) is 0 Å². The lowest BCUT2D eigenvalue weighted by atomic mass is 9.84. The van der Waals surface area contributed by atoms with Crippen LogP contribution in [0.5, 0.6) is 0 Å². The normalized spacial score (nSPS) is 12.0. The van der Waals surface area contributed by atoms with Gasteiger partial charge in [-0.1, -0.05) is 173 Å². The van der Waals surface area contributed by atoms with Crippen molar-refractivity contribution in [3.8, 4) is 0 Å². The van der Waals surface area contributed by atoms with Crippen molar-refractivity contribution in [2.75, 3.05) is 9.80 Å². The Morgan fingerprint density at radius 3 is 0.812 bits per heavy atom. The quantitative estimate of drug-likeness (QED) is 0.141. The van der Waals surface area contributed by atoms with Gasteiger partial charge in [0.25, 0.3) is 0 Å². The Morgan fingerprint density at radius 1 is 0.266 bits per heavy atom. The largest absolute Gasteiger partial charge is 0.310 e. The first-order valence-electron chi connectivity index (χ1n) is 22.7. The van der Waals surface area contributed by atoms with Gasteiger partial charge in [0, 0.05) is 33.5 Å². The fourth-order valence-corrected chi connectivity index (χ4v) is 10.5. The smallest absolute Gasteiger partial charge is 0.0543 e. The van der Waals surface area contributed by atoms with Crippen LogP contribution in [0.3, 0.4) is 0 Å². The molecule has 0 unspecified atom stereocenters. The van der Waals surface area contributed by atoms with E-state index in [0.717, 1.165) is 22.7 Å². The zero-order valence-electron chi connectivity index (χ0n) is 36.7. The van der Waals surface area contributed by atoms with Crippen LogP contribution in [-0.4, -0.2) is 0 Å². The minimum atomic E-state index is 0.286. The van der Waals surface area contributed by atoms with Gasteiger partial charge in [-0.3, -0.25) is 0 Å². The average molecular weight is 821 g/mol. The maximum atomic E-state index is 2.51. The zero-order valence-corrected chi connectivity index (χ0v) is 36.7. The summed E-state index contributed by atoms with van der Waals surface area (Å²) in [6, 6.07) is 77.1. The molecule has 2 nitrogen and oxygen atoms in total. The van der Waals surface area contributed by atoms with Crippen LogP contribution in [-0.2, 0) is 0 Å². The molecule has 12 aromatic carbocycles. The Bertz CT molecular complexity index is 3360. The number of rotatable bonds is 8. The maximum Gasteiger partial charge on any atom is 0.0543 e. The molecule has 12 rings (SSSR count). The SMILES string of the molecule is CC(C)c1cc(N(c2ccc3ccccc3c2)c2ccc3ccccc3c2)c2ccc3c(C(C)C)cc(N(c4ccc5ccccc5c4)c4ccc5ccccc5c4)c4ccc1c2c34. The highest BCUT2D eigenvalue weighted by molar-refractivity contribution is 6.29. The van der Waals surface area contributed by atoms with Gasteiger partial charge < -0.3 is 9.80 Å². The standard InChI is InChI=1S/C62H48N2/c1-39(2)57-37-59(63(49-25-21-41-13-5-9-17-45(41)33-49)50-26-22-42-14-6-10-18-46(42)34-50)55-32-30-54-58(40(3)4)38-60(56-31-29-53(57)61(55)62(54)56)64(51-27-23-43-15-7-11-19-47(43)35-51)52-28-24-44-16-8-12-20-48(44)36-52/h5-40H,1-4H3. The molecule has 0 saturated carbocycles. The number of anilines is 6. The van der Waals surface area contributed by atoms with Crippen molar-refractivity contribution >= 4 is 110 Å². The van der Waals surface area contributed by atoms with Crippen LogP contribution in [0.4, 0.5) is 34.1 Å². The molecule has 12 aromatic rings. The van der Waals surface area contributed by atoms with E-state index in [0.29, 0.717) is 0 Å². The van der Waals surface area contributed by atoms with Crippen LogP contribution in [0.2, 0.25) is 0 Å². The molecule has 0 radical (unpaired) electrons. The van der Waals surface area contributed by atoms with Gasteiger partial charge in [-0.05, 0) is 148 Å². The minimum absolute atomic E-state index is 0.286. The van der Waals surface area contributed by atoms with Crippen molar-refractivity contribution in [1.29, 1.82) is 0 Å². The summed E-state index contributed by atoms with van der Waals surface area (Å²) < 4.78 is 0. The monoisotopic (exact) mass is 820 g/mol. The van der Waals surface area contributed by atoms with Gasteiger partial charge in [0.15, 0.2) is 0 Å². The van der Waals surface area contributed by atoms with Crippen LogP contribution < -0.4 is 9.80 Å². The summed E-state index contributed by atoms with van der Waals surface area (Å²) in [6.45, 7) is 9.38. The van der Waals surface area contributed by atoms with E-state index in [2.05, 4.69) is 244 Å². The molecule has 0 aliphatic carbocycles. The zero-order chi connectivity index (χ0) is 43.1. The Balaban J connectivity index is 1.19. The van der Waals surface area contributed by atoms with Gasteiger partial charge in [0.2, 0.25) is 0 Å². The lowest BCUT2D eigenvalue weighted by molar-refractivity contribution is 0.875. The topological polar surface area (TPSA) is 6.48 Å². The molecule has 0 bridgehead atoms. The van der Waals surface area contributed by atoms with E-state index in [4.69, 9.17) is 0 Å². The van der Waals surface area contributed by atoms with Crippen LogP contribution >= 0.6 is 0 Å². The van der Waals surface area contributed by atoms with Crippen molar-refractivity contribution in [3.63, 3.8) is 0 Å². The number of benzene rings is 12. The fraction of sp³-hybridized carbons (Fsp3) is 0.0968. The molecule has 64 heavy (non-hydrogen) atoms. The summed E-state index contributed by atoms with van der Waals surface area (Å²) in [5.41, 5.74) is 9.63. The Kier molecular flexibility index (Phi) is 8.91. The predicted octanol–water partition coefficient (Wildman–Crippen LogP) is 18.4. The molecule has 0 aliphatic rings. The lowest BCUT2D eigenvalue weighted by Gasteiger charge is -2.32. The molecule has 0 N–H and O–H groups in total. The lowest BCUT2D eigenvalue weighted by Crippen LogP contribution is -2.13. The van der Waals surface area contributed by atoms with Crippen molar-refractivity contribution < 1.29 is 0 Å². The Morgan fingerprint density at radius 2 is 0.531 bits per heavy atom. The summed E-state index contributed by atoms with van der Waals surface area (Å²) in [7, 11) is 0. The van der Waals surface area contributed by atoms with E-state index in [-0.39, 0.29) is 11.8 Å². The summed E-state index contributed by atoms with van der Waals surface area (Å²) in [6.07, 6.45) is 0. The van der Waals surface area contributed by atoms with E-state index < -0.39 is 0 Å². The highest BCUT2D eigenvalue weighted by Crippen LogP contribution is 2.51. The first kappa shape index (κ1) is 38.0. The number of hydrogen-bond acceptors (Lipinski definition) is 2. The number of fused-ring (bicyclic) bond motifs is 4. The predicted molar refractivity (Wildman–Crippen MR) is 278 cm³/mol. The Labute approximate surface area is 374 Å². The third kappa shape index (κ3) is 6.16. The molecule has 0 fully saturated rings. The van der Waals surface area contributed by atoms with E-state index in [1.165, 1.54) is 97.9 Å². The highest BCUT2D eigenvalue weighted by atomic mass is 15.2. The summed E-state index contributed by atoms with van der Waals surface area (Å²) in [4.78, 5) is 5.02. The van der Waals surface area contributed by atoms with Gasteiger partial charge in [0.1, 0.15) is 0 Å². The highest BCUT2D eigenvalue weighted by Gasteiger charge is 2.26. The molecule has 0 saturated heterocycles. The van der Waals surface area contributed by atoms with Crippen molar-refractivity contribution in [2.24, 2.45) is 0 Å². The van der Waals surface area contributed by atoms with Gasteiger partial charge >= 0.3 is 0 Å². The summed E-state index contributed by atoms with van der Waals surface area (Å²) in [5.74, 6) is 0.572. The van der Waals surface area contributed by atoms with Crippen molar-refractivity contribution in [2.45, 2.75) is 39.5 Å². The molecule has 0 amide bonds. The third-order valence-corrected chi connectivity index (χ3v) is 13.6. The number of nitrogens with zero attached hydrogens (tertiary/aromatic N) is 2. The molecule has 0 aliphatic heterocycles. The van der Waals surface area contributed by atoms with Crippen molar-refractivity contribution in [3.05, 3.63) is 217 Å². The maximum absolute atomic E-state index is 2.51. The van der Waals surface area contributed by atoms with Crippen LogP contribution in [0.1, 0.15) is 50.7 Å². The second-order valence-electron chi connectivity index (χ2n) is 18.1. The Hall–Kier alpha value is -7.68. The molecule has 2 heteroatoms. The second-order valence-corrected chi connectivity index (χ2v) is 18.1.